The van der Waals surface area contributed by atoms with Crippen molar-refractivity contribution < 1.29 is 18.0 Å². The van der Waals surface area contributed by atoms with Gasteiger partial charge in [0, 0.05) is 19.5 Å². The first-order valence-corrected chi connectivity index (χ1v) is 9.88. The maximum atomic E-state index is 12.7. The zero-order valence-corrected chi connectivity index (χ0v) is 15.1. The van der Waals surface area contributed by atoms with Crippen LogP contribution in [0.3, 0.4) is 0 Å². The molecule has 1 aromatic rings. The Hall–Kier alpha value is -2.40. The van der Waals surface area contributed by atoms with Crippen molar-refractivity contribution in [1.82, 2.24) is 4.90 Å². The van der Waals surface area contributed by atoms with E-state index in [1.165, 1.54) is 16.7 Å². The molecule has 0 N–H and O–H groups in total. The van der Waals surface area contributed by atoms with Crippen molar-refractivity contribution in [1.29, 1.82) is 5.26 Å². The SMILES string of the molecule is CCN(C(=O)CN(C(C)=O)c1ccccc1C#N)C1CCS(=O)(=O)C1. The predicted octanol–water partition coefficient (Wildman–Crippen LogP) is 0.947. The minimum atomic E-state index is -3.11. The van der Waals surface area contributed by atoms with Gasteiger partial charge in [0.05, 0.1) is 22.8 Å². The lowest BCUT2D eigenvalue weighted by molar-refractivity contribution is -0.132. The number of nitriles is 1. The van der Waals surface area contributed by atoms with Crippen molar-refractivity contribution in [3.63, 3.8) is 0 Å². The number of para-hydroxylation sites is 1. The summed E-state index contributed by atoms with van der Waals surface area (Å²) in [5.74, 6) is -0.644. The first-order valence-electron chi connectivity index (χ1n) is 8.06. The van der Waals surface area contributed by atoms with Gasteiger partial charge in [-0.1, -0.05) is 12.1 Å². The highest BCUT2D eigenvalue weighted by atomic mass is 32.2. The molecular weight excluding hydrogens is 342 g/mol. The standard InChI is InChI=1S/C17H21N3O4S/c1-3-19(15-8-9-25(23,24)12-15)17(22)11-20(13(2)21)16-7-5-4-6-14(16)10-18/h4-7,15H,3,8-9,11-12H2,1-2H3. The molecule has 2 amide bonds. The largest absolute Gasteiger partial charge is 0.337 e. The van der Waals surface area contributed by atoms with E-state index in [0.717, 1.165) is 0 Å². The number of rotatable bonds is 5. The molecule has 0 bridgehead atoms. The highest BCUT2D eigenvalue weighted by molar-refractivity contribution is 7.91. The molecule has 134 valence electrons. The summed E-state index contributed by atoms with van der Waals surface area (Å²) >= 11 is 0. The molecule has 8 heteroatoms. The second-order valence-electron chi connectivity index (χ2n) is 5.97. The Kier molecular flexibility index (Phi) is 5.80. The maximum Gasteiger partial charge on any atom is 0.242 e. The van der Waals surface area contributed by atoms with Gasteiger partial charge in [-0.25, -0.2) is 8.42 Å². The topological polar surface area (TPSA) is 98.5 Å². The number of carbonyl (C=O) groups is 2. The van der Waals surface area contributed by atoms with Crippen LogP contribution in [-0.4, -0.2) is 55.8 Å². The number of sulfone groups is 1. The van der Waals surface area contributed by atoms with Crippen molar-refractivity contribution in [3.05, 3.63) is 29.8 Å². The van der Waals surface area contributed by atoms with E-state index in [0.29, 0.717) is 24.2 Å². The zero-order chi connectivity index (χ0) is 18.6. The van der Waals surface area contributed by atoms with E-state index < -0.39 is 9.84 Å². The molecule has 0 radical (unpaired) electrons. The van der Waals surface area contributed by atoms with E-state index in [1.807, 2.05) is 6.07 Å². The van der Waals surface area contributed by atoms with Crippen molar-refractivity contribution in [2.24, 2.45) is 0 Å². The van der Waals surface area contributed by atoms with Gasteiger partial charge in [0.2, 0.25) is 11.8 Å². The number of anilines is 1. The van der Waals surface area contributed by atoms with Crippen molar-refractivity contribution in [3.8, 4) is 6.07 Å². The lowest BCUT2D eigenvalue weighted by atomic mass is 10.1. The van der Waals surface area contributed by atoms with Crippen LogP contribution in [0, 0.1) is 11.3 Å². The van der Waals surface area contributed by atoms with Crippen LogP contribution in [0.1, 0.15) is 25.8 Å². The molecule has 0 aliphatic carbocycles. The molecule has 1 heterocycles. The predicted molar refractivity (Wildman–Crippen MR) is 93.6 cm³/mol. The van der Waals surface area contributed by atoms with Gasteiger partial charge in [-0.3, -0.25) is 9.59 Å². The van der Waals surface area contributed by atoms with E-state index in [2.05, 4.69) is 0 Å². The number of benzene rings is 1. The van der Waals surface area contributed by atoms with Crippen LogP contribution in [0.5, 0.6) is 0 Å². The number of likely N-dealkylation sites (N-methyl/N-ethyl adjacent to an activating group) is 1. The van der Waals surface area contributed by atoms with Crippen molar-refractivity contribution in [2.45, 2.75) is 26.3 Å². The Bertz CT molecular complexity index is 813. The molecule has 0 spiro atoms. The van der Waals surface area contributed by atoms with E-state index in [1.54, 1.807) is 31.2 Å². The van der Waals surface area contributed by atoms with Crippen molar-refractivity contribution >= 4 is 27.3 Å². The molecule has 1 saturated heterocycles. The fourth-order valence-electron chi connectivity index (χ4n) is 3.06. The number of amides is 2. The Morgan fingerprint density at radius 1 is 1.32 bits per heavy atom. The number of hydrogen-bond acceptors (Lipinski definition) is 5. The average molecular weight is 363 g/mol. The van der Waals surface area contributed by atoms with Gasteiger partial charge >= 0.3 is 0 Å². The summed E-state index contributed by atoms with van der Waals surface area (Å²) < 4.78 is 23.4. The summed E-state index contributed by atoms with van der Waals surface area (Å²) in [4.78, 5) is 27.5. The quantitative estimate of drug-likeness (QED) is 0.775. The van der Waals surface area contributed by atoms with E-state index >= 15 is 0 Å². The van der Waals surface area contributed by atoms with Gasteiger partial charge < -0.3 is 9.80 Å². The number of nitrogens with zero attached hydrogens (tertiary/aromatic N) is 3. The van der Waals surface area contributed by atoms with E-state index in [9.17, 15) is 23.3 Å². The van der Waals surface area contributed by atoms with Crippen molar-refractivity contribution in [2.75, 3.05) is 29.5 Å². The summed E-state index contributed by atoms with van der Waals surface area (Å²) in [7, 11) is -3.11. The first-order chi connectivity index (χ1) is 11.8. The van der Waals surface area contributed by atoms with Crippen LogP contribution in [0.4, 0.5) is 5.69 Å². The zero-order valence-electron chi connectivity index (χ0n) is 14.3. The molecule has 0 saturated carbocycles. The molecule has 1 aliphatic heterocycles. The Labute approximate surface area is 147 Å². The number of carbonyl (C=O) groups excluding carboxylic acids is 2. The monoisotopic (exact) mass is 363 g/mol. The molecule has 1 aromatic carbocycles. The van der Waals surface area contributed by atoms with Crippen LogP contribution in [0.2, 0.25) is 0 Å². The number of hydrogen-bond donors (Lipinski definition) is 0. The van der Waals surface area contributed by atoms with E-state index in [4.69, 9.17) is 0 Å². The maximum absolute atomic E-state index is 12.7. The third-order valence-electron chi connectivity index (χ3n) is 4.30. The average Bonchev–Trinajstić information content (AvgIpc) is 2.92. The third-order valence-corrected chi connectivity index (χ3v) is 6.05. The Morgan fingerprint density at radius 3 is 2.52 bits per heavy atom. The summed E-state index contributed by atoms with van der Waals surface area (Å²) in [5.41, 5.74) is 0.679. The lowest BCUT2D eigenvalue weighted by Gasteiger charge is -2.30. The molecule has 7 nitrogen and oxygen atoms in total. The fraction of sp³-hybridized carbons (Fsp3) is 0.471. The van der Waals surface area contributed by atoms with Gasteiger partial charge in [0.15, 0.2) is 9.84 Å². The molecule has 2 rings (SSSR count). The molecule has 25 heavy (non-hydrogen) atoms. The smallest absolute Gasteiger partial charge is 0.242 e. The van der Waals surface area contributed by atoms with Gasteiger partial charge in [0.1, 0.15) is 12.6 Å². The van der Waals surface area contributed by atoms with E-state index in [-0.39, 0.29) is 35.9 Å². The minimum Gasteiger partial charge on any atom is -0.337 e. The van der Waals surface area contributed by atoms with Crippen LogP contribution in [-0.2, 0) is 19.4 Å². The summed E-state index contributed by atoms with van der Waals surface area (Å²) in [5, 5.41) is 9.22. The normalized spacial score (nSPS) is 18.4. The Balaban J connectivity index is 2.23. The third kappa shape index (κ3) is 4.37. The molecule has 0 aromatic heterocycles. The van der Waals surface area contributed by atoms with Gasteiger partial charge in [-0.15, -0.1) is 0 Å². The minimum absolute atomic E-state index is 0.0402. The fourth-order valence-corrected chi connectivity index (χ4v) is 4.79. The van der Waals surface area contributed by atoms with Gasteiger partial charge in [-0.2, -0.15) is 5.26 Å². The lowest BCUT2D eigenvalue weighted by Crippen LogP contribution is -2.47. The first kappa shape index (κ1) is 18.9. The summed E-state index contributed by atoms with van der Waals surface area (Å²) in [6.45, 7) is 3.25. The second kappa shape index (κ2) is 7.66. The molecule has 1 unspecified atom stereocenters. The molecular formula is C17H21N3O4S. The Morgan fingerprint density at radius 2 is 2.00 bits per heavy atom. The summed E-state index contributed by atoms with van der Waals surface area (Å²) in [6.07, 6.45) is 0.413. The van der Waals surface area contributed by atoms with Crippen LogP contribution >= 0.6 is 0 Å². The van der Waals surface area contributed by atoms with Gasteiger partial charge in [-0.05, 0) is 25.5 Å². The molecule has 1 fully saturated rings. The molecule has 1 atom stereocenters. The van der Waals surface area contributed by atoms with Crippen LogP contribution in [0.15, 0.2) is 24.3 Å². The summed E-state index contributed by atoms with van der Waals surface area (Å²) in [6, 6.07) is 8.23. The highest BCUT2D eigenvalue weighted by Gasteiger charge is 2.34. The van der Waals surface area contributed by atoms with Gasteiger partial charge in [0.25, 0.3) is 0 Å². The van der Waals surface area contributed by atoms with Crippen LogP contribution in [0.25, 0.3) is 0 Å². The highest BCUT2D eigenvalue weighted by Crippen LogP contribution is 2.22. The molecule has 1 aliphatic rings. The second-order valence-corrected chi connectivity index (χ2v) is 8.20. The van der Waals surface area contributed by atoms with Crippen LogP contribution < -0.4 is 4.90 Å².